The Morgan fingerprint density at radius 2 is 1.67 bits per heavy atom. The molecule has 63 heavy (non-hydrogen) atoms. The van der Waals surface area contributed by atoms with E-state index in [2.05, 4.69) is 25.3 Å². The summed E-state index contributed by atoms with van der Waals surface area (Å²) in [5, 5.41) is 7.02. The summed E-state index contributed by atoms with van der Waals surface area (Å²) in [4.78, 5) is 88.9. The zero-order chi connectivity index (χ0) is 44.2. The van der Waals surface area contributed by atoms with Crippen LogP contribution in [0.2, 0.25) is 5.02 Å². The Morgan fingerprint density at radius 3 is 2.38 bits per heavy atom. The number of carbonyl (C=O) groups excluding carboxylic acids is 5. The van der Waals surface area contributed by atoms with Gasteiger partial charge in [-0.15, -0.1) is 0 Å². The van der Waals surface area contributed by atoms with Crippen LogP contribution >= 0.6 is 11.6 Å². The number of hydrogen-bond acceptors (Lipinski definition) is 12. The molecule has 4 saturated heterocycles. The number of aromatic nitrogens is 2. The minimum absolute atomic E-state index is 0.0756. The number of likely N-dealkylation sites (tertiary alicyclic amines) is 1. The summed E-state index contributed by atoms with van der Waals surface area (Å²) in [6.07, 6.45) is 6.62. The summed E-state index contributed by atoms with van der Waals surface area (Å²) >= 11 is 6.68. The molecule has 4 amide bonds. The third-order valence-corrected chi connectivity index (χ3v) is 13.9. The van der Waals surface area contributed by atoms with E-state index < -0.39 is 23.8 Å². The number of amides is 4. The second kappa shape index (κ2) is 17.1. The molecule has 2 N–H and O–H groups in total. The van der Waals surface area contributed by atoms with Crippen molar-refractivity contribution >= 4 is 74.8 Å². The van der Waals surface area contributed by atoms with Gasteiger partial charge in [0.1, 0.15) is 18.5 Å². The molecule has 4 aromatic rings. The number of rotatable bonds is 12. The van der Waals surface area contributed by atoms with Gasteiger partial charge in [0, 0.05) is 79.8 Å². The van der Waals surface area contributed by atoms with Gasteiger partial charge in [0.2, 0.25) is 11.8 Å². The molecule has 0 aliphatic carbocycles. The van der Waals surface area contributed by atoms with Crippen molar-refractivity contribution in [2.45, 2.75) is 77.8 Å². The Hall–Kier alpha value is -5.80. The Morgan fingerprint density at radius 1 is 0.921 bits per heavy atom. The highest BCUT2D eigenvalue weighted by Crippen LogP contribution is 2.44. The molecule has 330 valence electrons. The van der Waals surface area contributed by atoms with Crippen LogP contribution in [0, 0.1) is 11.3 Å². The van der Waals surface area contributed by atoms with Crippen LogP contribution < -0.4 is 30.7 Å². The predicted molar refractivity (Wildman–Crippen MR) is 240 cm³/mol. The second-order valence-corrected chi connectivity index (χ2v) is 18.6. The lowest BCUT2D eigenvalue weighted by Gasteiger charge is -2.55. The summed E-state index contributed by atoms with van der Waals surface area (Å²) in [5.41, 5.74) is 3.80. The van der Waals surface area contributed by atoms with Crippen LogP contribution in [0.15, 0.2) is 59.5 Å². The number of benzene rings is 2. The van der Waals surface area contributed by atoms with Crippen LogP contribution in [0.3, 0.4) is 0 Å². The van der Waals surface area contributed by atoms with E-state index in [1.54, 1.807) is 35.9 Å². The van der Waals surface area contributed by atoms with Crippen molar-refractivity contribution in [3.05, 3.63) is 81.2 Å². The van der Waals surface area contributed by atoms with Crippen molar-refractivity contribution in [1.29, 1.82) is 0 Å². The average Bonchev–Trinajstić information content (AvgIpc) is 3.50. The maximum atomic E-state index is 13.4. The number of pyridine rings is 2. The van der Waals surface area contributed by atoms with E-state index in [-0.39, 0.29) is 53.9 Å². The largest absolute Gasteiger partial charge is 0.480 e. The molecule has 7 heterocycles. The maximum absolute atomic E-state index is 13.4. The molecule has 1 spiro atoms. The molecule has 9 rings (SSSR count). The van der Waals surface area contributed by atoms with Crippen LogP contribution in [0.1, 0.15) is 92.5 Å². The SMILES string of the molecule is CCC(=O)COc1cc2cc(Nc3cc(N4CCC(CN5CCC6(CC5)CN(c5ccc7c(c5)C(=O)N(C5CCC(=O)NC5=O)C7=O)C6)CC4)ncc3Cl)ccc2n(C(C)C)c1=O. The normalized spacial score (nSPS) is 20.4. The van der Waals surface area contributed by atoms with Gasteiger partial charge in [0.25, 0.3) is 17.4 Å². The number of nitrogens with one attached hydrogen (secondary N) is 2. The third-order valence-electron chi connectivity index (χ3n) is 13.6. The quantitative estimate of drug-likeness (QED) is 0.161. The third kappa shape index (κ3) is 8.28. The molecule has 16 heteroatoms. The summed E-state index contributed by atoms with van der Waals surface area (Å²) in [5.74, 6) is -0.417. The van der Waals surface area contributed by atoms with Gasteiger partial charge in [-0.3, -0.25) is 39.0 Å². The van der Waals surface area contributed by atoms with Gasteiger partial charge < -0.3 is 29.3 Å². The van der Waals surface area contributed by atoms with E-state index in [0.717, 1.165) is 110 Å². The first kappa shape index (κ1) is 42.5. The highest BCUT2D eigenvalue weighted by Gasteiger charge is 2.47. The van der Waals surface area contributed by atoms with E-state index in [9.17, 15) is 28.8 Å². The van der Waals surface area contributed by atoms with E-state index in [4.69, 9.17) is 21.3 Å². The van der Waals surface area contributed by atoms with E-state index in [1.807, 2.05) is 44.2 Å². The number of ether oxygens (including phenoxy) is 1. The van der Waals surface area contributed by atoms with Gasteiger partial charge in [-0.2, -0.15) is 0 Å². The van der Waals surface area contributed by atoms with Crippen LogP contribution in [-0.4, -0.2) is 107 Å². The fraction of sp³-hybridized carbons (Fsp3) is 0.468. The number of fused-ring (bicyclic) bond motifs is 2. The average molecular weight is 877 g/mol. The van der Waals surface area contributed by atoms with Crippen LogP contribution in [0.5, 0.6) is 5.75 Å². The molecule has 0 bridgehead atoms. The molecular weight excluding hydrogens is 824 g/mol. The number of anilines is 4. The number of piperidine rings is 3. The Kier molecular flexibility index (Phi) is 11.5. The van der Waals surface area contributed by atoms with Gasteiger partial charge in [0.05, 0.1) is 33.6 Å². The fourth-order valence-corrected chi connectivity index (χ4v) is 10.1. The first-order chi connectivity index (χ1) is 30.3. The van der Waals surface area contributed by atoms with Gasteiger partial charge in [-0.25, -0.2) is 4.98 Å². The van der Waals surface area contributed by atoms with Crippen molar-refractivity contribution in [2.24, 2.45) is 11.3 Å². The molecule has 5 aliphatic heterocycles. The van der Waals surface area contributed by atoms with Crippen molar-refractivity contribution in [3.63, 3.8) is 0 Å². The zero-order valence-corrected chi connectivity index (χ0v) is 36.7. The molecule has 2 aromatic heterocycles. The predicted octanol–water partition coefficient (Wildman–Crippen LogP) is 5.95. The number of ketones is 1. The van der Waals surface area contributed by atoms with E-state index in [1.165, 1.54) is 0 Å². The number of hydrogen-bond donors (Lipinski definition) is 2. The maximum Gasteiger partial charge on any atom is 0.293 e. The number of halogens is 1. The van der Waals surface area contributed by atoms with Crippen LogP contribution in [0.25, 0.3) is 10.9 Å². The van der Waals surface area contributed by atoms with Gasteiger partial charge in [0.15, 0.2) is 11.5 Å². The summed E-state index contributed by atoms with van der Waals surface area (Å²) in [6, 6.07) is 13.8. The fourth-order valence-electron chi connectivity index (χ4n) is 9.96. The molecule has 5 aliphatic rings. The lowest BCUT2D eigenvalue weighted by atomic mass is 9.71. The van der Waals surface area contributed by atoms with Crippen molar-refractivity contribution < 1.29 is 28.7 Å². The highest BCUT2D eigenvalue weighted by atomic mass is 35.5. The molecule has 0 saturated carbocycles. The Labute approximate surface area is 370 Å². The summed E-state index contributed by atoms with van der Waals surface area (Å²) in [7, 11) is 0. The molecule has 15 nitrogen and oxygen atoms in total. The smallest absolute Gasteiger partial charge is 0.293 e. The van der Waals surface area contributed by atoms with Crippen LogP contribution in [0.4, 0.5) is 22.9 Å². The van der Waals surface area contributed by atoms with Crippen molar-refractivity contribution in [3.8, 4) is 5.75 Å². The zero-order valence-electron chi connectivity index (χ0n) is 36.0. The van der Waals surface area contributed by atoms with Crippen molar-refractivity contribution in [1.82, 2.24) is 24.7 Å². The Bertz CT molecular complexity index is 2570. The summed E-state index contributed by atoms with van der Waals surface area (Å²) in [6.45, 7) is 12.3. The number of Topliss-reactive ketones (excluding diaryl/α,β-unsaturated/α-hetero) is 1. The first-order valence-electron chi connectivity index (χ1n) is 22.1. The van der Waals surface area contributed by atoms with E-state index >= 15 is 0 Å². The van der Waals surface area contributed by atoms with Crippen LogP contribution in [-0.2, 0) is 14.4 Å². The van der Waals surface area contributed by atoms with Gasteiger partial charge in [-0.1, -0.05) is 18.5 Å². The highest BCUT2D eigenvalue weighted by molar-refractivity contribution is 6.33. The minimum Gasteiger partial charge on any atom is -0.480 e. The molecular formula is C47H53ClN8O7. The number of carbonyl (C=O) groups is 5. The monoisotopic (exact) mass is 876 g/mol. The van der Waals surface area contributed by atoms with E-state index in [0.29, 0.717) is 28.5 Å². The first-order valence-corrected chi connectivity index (χ1v) is 22.5. The topological polar surface area (TPSA) is 166 Å². The Balaban J connectivity index is 0.765. The lowest BCUT2D eigenvalue weighted by Crippen LogP contribution is -2.60. The number of imide groups is 2. The molecule has 1 atom stereocenters. The molecule has 4 fully saturated rings. The molecule has 1 unspecified atom stereocenters. The molecule has 0 radical (unpaired) electrons. The minimum atomic E-state index is -0.971. The second-order valence-electron chi connectivity index (χ2n) is 18.1. The standard InChI is InChI=1S/C47H53ClN8O7/c1-4-33(57)25-63-40-20-30-19-31(5-8-38(30)55(28(2)3)46(40)62)50-37-22-41(49-23-36(37)48)53-15-11-29(12-16-53)24-52-17-13-47(14-18-52)26-54(27-47)32-6-7-34-35(21-32)45(61)56(44(34)60)39-9-10-42(58)51-43(39)59/h5-8,19-23,28-29,39H,4,9-18,24-27H2,1-3H3,(H,49,50)(H,51,58,59). The van der Waals surface area contributed by atoms with Gasteiger partial charge in [-0.05, 0) is 107 Å². The number of nitrogens with zero attached hydrogens (tertiary/aromatic N) is 6. The van der Waals surface area contributed by atoms with Gasteiger partial charge >= 0.3 is 0 Å². The summed E-state index contributed by atoms with van der Waals surface area (Å²) < 4.78 is 7.38. The van der Waals surface area contributed by atoms with Crippen molar-refractivity contribution in [2.75, 3.05) is 67.5 Å². The lowest BCUT2D eigenvalue weighted by molar-refractivity contribution is -0.136. The molecule has 2 aromatic carbocycles.